The molecule has 0 atom stereocenters. The lowest BCUT2D eigenvalue weighted by molar-refractivity contribution is 0.461. The van der Waals surface area contributed by atoms with Gasteiger partial charge in [-0.1, -0.05) is 0 Å². The lowest BCUT2D eigenvalue weighted by Crippen LogP contribution is -2.04. The zero-order valence-corrected chi connectivity index (χ0v) is 10.4. The molecule has 0 saturated carbocycles. The topological polar surface area (TPSA) is 38.1 Å². The maximum absolute atomic E-state index is 13.7. The Morgan fingerprint density at radius 1 is 1.28 bits per heavy atom. The Morgan fingerprint density at radius 2 is 1.94 bits per heavy atom. The second-order valence-electron chi connectivity index (χ2n) is 4.45. The number of halogens is 2. The molecule has 0 spiro atoms. The number of nitrogens with zero attached hydrogens (tertiary/aromatic N) is 2. The average molecular weight is 252 g/mol. The van der Waals surface area contributed by atoms with Crippen LogP contribution in [0, 0.1) is 18.6 Å². The van der Waals surface area contributed by atoms with Crippen molar-refractivity contribution in [3.05, 3.63) is 35.5 Å². The van der Waals surface area contributed by atoms with Gasteiger partial charge in [-0.3, -0.25) is 4.68 Å². The Morgan fingerprint density at radius 3 is 2.44 bits per heavy atom. The van der Waals surface area contributed by atoms with Crippen molar-refractivity contribution < 1.29 is 13.9 Å². The summed E-state index contributed by atoms with van der Waals surface area (Å²) in [6.07, 6.45) is 0. The van der Waals surface area contributed by atoms with Gasteiger partial charge in [0.2, 0.25) is 0 Å². The van der Waals surface area contributed by atoms with Crippen molar-refractivity contribution in [3.8, 4) is 17.0 Å². The van der Waals surface area contributed by atoms with Gasteiger partial charge in [-0.05, 0) is 32.9 Å². The van der Waals surface area contributed by atoms with E-state index in [9.17, 15) is 13.9 Å². The highest BCUT2D eigenvalue weighted by atomic mass is 19.1. The summed E-state index contributed by atoms with van der Waals surface area (Å²) in [6, 6.07) is 3.24. The van der Waals surface area contributed by atoms with Crippen LogP contribution in [0.1, 0.15) is 25.6 Å². The largest absolute Gasteiger partial charge is 0.504 e. The Bertz CT molecular complexity index is 591. The van der Waals surface area contributed by atoms with Crippen molar-refractivity contribution in [2.45, 2.75) is 26.8 Å². The molecule has 2 aromatic rings. The summed E-state index contributed by atoms with van der Waals surface area (Å²) in [5.74, 6) is -1.47. The zero-order chi connectivity index (χ0) is 13.4. The normalized spacial score (nSPS) is 11.2. The van der Waals surface area contributed by atoms with Crippen LogP contribution in [-0.2, 0) is 0 Å². The summed E-state index contributed by atoms with van der Waals surface area (Å²) in [7, 11) is 0. The highest BCUT2D eigenvalue weighted by molar-refractivity contribution is 5.67. The fourth-order valence-corrected chi connectivity index (χ4v) is 1.88. The molecule has 1 heterocycles. The number of benzene rings is 1. The number of aromatic hydroxyl groups is 1. The monoisotopic (exact) mass is 252 g/mol. The first-order chi connectivity index (χ1) is 8.41. The second kappa shape index (κ2) is 4.40. The van der Waals surface area contributed by atoms with Crippen LogP contribution in [0.25, 0.3) is 11.3 Å². The van der Waals surface area contributed by atoms with Gasteiger partial charge in [0.1, 0.15) is 17.3 Å². The smallest absolute Gasteiger partial charge is 0.164 e. The molecule has 0 aliphatic carbocycles. The average Bonchev–Trinajstić information content (AvgIpc) is 2.57. The predicted molar refractivity (Wildman–Crippen MR) is 64.4 cm³/mol. The van der Waals surface area contributed by atoms with E-state index < -0.39 is 11.6 Å². The van der Waals surface area contributed by atoms with Gasteiger partial charge in [0.05, 0.1) is 5.69 Å². The molecular weight excluding hydrogens is 238 g/mol. The molecule has 1 aromatic heterocycles. The lowest BCUT2D eigenvalue weighted by atomic mass is 10.1. The van der Waals surface area contributed by atoms with Gasteiger partial charge in [-0.2, -0.15) is 5.10 Å². The third kappa shape index (κ3) is 1.96. The maximum Gasteiger partial charge on any atom is 0.164 e. The van der Waals surface area contributed by atoms with Gasteiger partial charge >= 0.3 is 0 Å². The van der Waals surface area contributed by atoms with Gasteiger partial charge in [0, 0.05) is 17.7 Å². The molecule has 0 saturated heterocycles. The number of hydrogen-bond donors (Lipinski definition) is 1. The summed E-state index contributed by atoms with van der Waals surface area (Å²) >= 11 is 0. The van der Waals surface area contributed by atoms with Crippen molar-refractivity contribution in [2.75, 3.05) is 0 Å². The minimum atomic E-state index is -0.737. The minimum absolute atomic E-state index is 0.0492. The molecule has 0 amide bonds. The van der Waals surface area contributed by atoms with Crippen molar-refractivity contribution in [2.24, 2.45) is 0 Å². The molecular formula is C13H14F2N2O. The van der Waals surface area contributed by atoms with Crippen molar-refractivity contribution >= 4 is 0 Å². The Balaban J connectivity index is 2.61. The van der Waals surface area contributed by atoms with Gasteiger partial charge in [-0.25, -0.2) is 8.78 Å². The maximum atomic E-state index is 13.7. The van der Waals surface area contributed by atoms with Crippen molar-refractivity contribution in [3.63, 3.8) is 0 Å². The quantitative estimate of drug-likeness (QED) is 0.889. The van der Waals surface area contributed by atoms with E-state index in [1.807, 2.05) is 13.8 Å². The molecule has 5 heteroatoms. The first-order valence-electron chi connectivity index (χ1n) is 5.65. The lowest BCUT2D eigenvalue weighted by Gasteiger charge is -2.06. The van der Waals surface area contributed by atoms with Gasteiger partial charge in [0.25, 0.3) is 0 Å². The van der Waals surface area contributed by atoms with Crippen LogP contribution >= 0.6 is 0 Å². The van der Waals surface area contributed by atoms with Crippen LogP contribution in [0.15, 0.2) is 18.2 Å². The number of hydrogen-bond acceptors (Lipinski definition) is 2. The van der Waals surface area contributed by atoms with Crippen LogP contribution in [0.4, 0.5) is 8.78 Å². The van der Waals surface area contributed by atoms with Gasteiger partial charge in [-0.15, -0.1) is 0 Å². The molecule has 18 heavy (non-hydrogen) atoms. The summed E-state index contributed by atoms with van der Waals surface area (Å²) in [5.41, 5.74) is 0.791. The third-order valence-corrected chi connectivity index (χ3v) is 2.79. The van der Waals surface area contributed by atoms with Crippen LogP contribution in [0.2, 0.25) is 0 Å². The van der Waals surface area contributed by atoms with E-state index in [-0.39, 0.29) is 23.0 Å². The SMILES string of the molecule is Cc1c(O)c(-c2ccc(F)cc2F)nn1C(C)C. The van der Waals surface area contributed by atoms with E-state index in [0.29, 0.717) is 5.69 Å². The van der Waals surface area contributed by atoms with E-state index in [1.54, 1.807) is 11.6 Å². The van der Waals surface area contributed by atoms with E-state index >= 15 is 0 Å². The Hall–Kier alpha value is -1.91. The van der Waals surface area contributed by atoms with E-state index in [4.69, 9.17) is 0 Å². The molecule has 0 aliphatic rings. The third-order valence-electron chi connectivity index (χ3n) is 2.79. The molecule has 1 N–H and O–H groups in total. The molecule has 0 unspecified atom stereocenters. The van der Waals surface area contributed by atoms with Crippen LogP contribution < -0.4 is 0 Å². The van der Waals surface area contributed by atoms with Gasteiger partial charge in [0.15, 0.2) is 5.75 Å². The van der Waals surface area contributed by atoms with E-state index in [0.717, 1.165) is 12.1 Å². The van der Waals surface area contributed by atoms with Crippen LogP contribution in [0.5, 0.6) is 5.75 Å². The Labute approximate surface area is 104 Å². The van der Waals surface area contributed by atoms with Crippen molar-refractivity contribution in [1.29, 1.82) is 0 Å². The minimum Gasteiger partial charge on any atom is -0.504 e. The second-order valence-corrected chi connectivity index (χ2v) is 4.45. The van der Waals surface area contributed by atoms with Crippen LogP contribution in [-0.4, -0.2) is 14.9 Å². The molecule has 1 aromatic carbocycles. The summed E-state index contributed by atoms with van der Waals surface area (Å²) in [5, 5.41) is 14.1. The molecule has 0 aliphatic heterocycles. The summed E-state index contributed by atoms with van der Waals surface area (Å²) in [4.78, 5) is 0. The first kappa shape index (κ1) is 12.5. The highest BCUT2D eigenvalue weighted by Crippen LogP contribution is 2.34. The molecule has 3 nitrogen and oxygen atoms in total. The summed E-state index contributed by atoms with van der Waals surface area (Å²) in [6.45, 7) is 5.52. The van der Waals surface area contributed by atoms with Crippen LogP contribution in [0.3, 0.4) is 0 Å². The molecule has 0 radical (unpaired) electrons. The van der Waals surface area contributed by atoms with E-state index in [1.165, 1.54) is 6.07 Å². The number of aromatic nitrogens is 2. The molecule has 2 rings (SSSR count). The van der Waals surface area contributed by atoms with Crippen molar-refractivity contribution in [1.82, 2.24) is 9.78 Å². The highest BCUT2D eigenvalue weighted by Gasteiger charge is 2.19. The molecule has 96 valence electrons. The van der Waals surface area contributed by atoms with E-state index in [2.05, 4.69) is 5.10 Å². The predicted octanol–water partition coefficient (Wildman–Crippen LogP) is 3.42. The van der Waals surface area contributed by atoms with Gasteiger partial charge < -0.3 is 5.11 Å². The fraction of sp³-hybridized carbons (Fsp3) is 0.308. The first-order valence-corrected chi connectivity index (χ1v) is 5.65. The zero-order valence-electron chi connectivity index (χ0n) is 10.4. The molecule has 0 fully saturated rings. The fourth-order valence-electron chi connectivity index (χ4n) is 1.88. The molecule has 0 bridgehead atoms. The standard InChI is InChI=1S/C13H14F2N2O/c1-7(2)17-8(3)13(18)12(16-17)10-5-4-9(14)6-11(10)15/h4-7,18H,1-3H3. The summed E-state index contributed by atoms with van der Waals surface area (Å²) < 4.78 is 28.1. The number of rotatable bonds is 2. The Kier molecular flexibility index (Phi) is 3.07.